The first-order chi connectivity index (χ1) is 9.44. The van der Waals surface area contributed by atoms with Crippen molar-refractivity contribution in [3.63, 3.8) is 0 Å². The molecule has 0 atom stereocenters. The van der Waals surface area contributed by atoms with Crippen LogP contribution in [0.1, 0.15) is 44.9 Å². The van der Waals surface area contributed by atoms with E-state index in [1.54, 1.807) is 0 Å². The molecular formula is C14H18F6O. The van der Waals surface area contributed by atoms with Gasteiger partial charge in [0, 0.05) is 0 Å². The summed E-state index contributed by atoms with van der Waals surface area (Å²) in [5.41, 5.74) is -5.57. The average molecular weight is 316 g/mol. The second-order valence-corrected chi connectivity index (χ2v) is 7.45. The molecule has 4 rings (SSSR count). The van der Waals surface area contributed by atoms with Crippen molar-refractivity contribution >= 4 is 0 Å². The van der Waals surface area contributed by atoms with Gasteiger partial charge < -0.3 is 5.11 Å². The molecule has 122 valence electrons. The Balaban J connectivity index is 1.90. The van der Waals surface area contributed by atoms with Gasteiger partial charge in [0.05, 0.1) is 0 Å². The molecule has 0 spiro atoms. The second kappa shape index (κ2) is 4.30. The van der Waals surface area contributed by atoms with Crippen LogP contribution in [0.2, 0.25) is 0 Å². The molecule has 0 aromatic carbocycles. The molecule has 4 fully saturated rings. The van der Waals surface area contributed by atoms with Crippen LogP contribution in [-0.2, 0) is 0 Å². The van der Waals surface area contributed by atoms with Crippen LogP contribution in [0.5, 0.6) is 0 Å². The summed E-state index contributed by atoms with van der Waals surface area (Å²) in [5, 5.41) is 9.49. The monoisotopic (exact) mass is 316 g/mol. The van der Waals surface area contributed by atoms with Gasteiger partial charge in [0.15, 0.2) is 0 Å². The summed E-state index contributed by atoms with van der Waals surface area (Å²) in [6.45, 7) is 0. The number of alkyl halides is 6. The Labute approximate surface area is 118 Å². The van der Waals surface area contributed by atoms with E-state index in [-0.39, 0.29) is 17.8 Å². The highest BCUT2D eigenvalue weighted by Gasteiger charge is 2.72. The first-order valence-electron chi connectivity index (χ1n) is 7.30. The fourth-order valence-corrected chi connectivity index (χ4v) is 5.41. The van der Waals surface area contributed by atoms with Crippen LogP contribution in [0.25, 0.3) is 0 Å². The third-order valence-corrected chi connectivity index (χ3v) is 5.73. The lowest BCUT2D eigenvalue weighted by Gasteiger charge is -2.58. The smallest absolute Gasteiger partial charge is 0.374 e. The number of hydrogen-bond donors (Lipinski definition) is 1. The lowest BCUT2D eigenvalue weighted by atomic mass is 9.47. The van der Waals surface area contributed by atoms with Gasteiger partial charge in [0.2, 0.25) is 0 Å². The van der Waals surface area contributed by atoms with Gasteiger partial charge in [-0.05, 0) is 68.1 Å². The fourth-order valence-electron chi connectivity index (χ4n) is 5.41. The quantitative estimate of drug-likeness (QED) is 0.746. The van der Waals surface area contributed by atoms with Gasteiger partial charge in [-0.2, -0.15) is 26.3 Å². The van der Waals surface area contributed by atoms with Crippen molar-refractivity contribution in [2.24, 2.45) is 23.2 Å². The molecule has 4 aliphatic rings. The van der Waals surface area contributed by atoms with E-state index >= 15 is 0 Å². The predicted octanol–water partition coefficient (Wildman–Crippen LogP) is 4.45. The predicted molar refractivity (Wildman–Crippen MR) is 62.3 cm³/mol. The topological polar surface area (TPSA) is 20.2 Å². The lowest BCUT2D eigenvalue weighted by molar-refractivity contribution is -0.379. The molecule has 0 radical (unpaired) electrons. The van der Waals surface area contributed by atoms with Crippen molar-refractivity contribution in [3.8, 4) is 0 Å². The largest absolute Gasteiger partial charge is 0.426 e. The van der Waals surface area contributed by atoms with Gasteiger partial charge in [0.25, 0.3) is 5.60 Å². The van der Waals surface area contributed by atoms with E-state index < -0.39 is 29.8 Å². The Kier molecular flexibility index (Phi) is 3.16. The van der Waals surface area contributed by atoms with Gasteiger partial charge in [-0.1, -0.05) is 0 Å². The van der Waals surface area contributed by atoms with Crippen LogP contribution in [0.15, 0.2) is 0 Å². The van der Waals surface area contributed by atoms with Crippen LogP contribution < -0.4 is 0 Å². The molecule has 4 aliphatic carbocycles. The summed E-state index contributed by atoms with van der Waals surface area (Å²) < 4.78 is 77.5. The molecule has 1 nitrogen and oxygen atoms in total. The first-order valence-corrected chi connectivity index (χ1v) is 7.30. The molecule has 0 saturated heterocycles. The molecule has 21 heavy (non-hydrogen) atoms. The molecule has 4 bridgehead atoms. The van der Waals surface area contributed by atoms with Crippen molar-refractivity contribution in [2.45, 2.75) is 62.9 Å². The van der Waals surface area contributed by atoms with Crippen LogP contribution in [0, 0.1) is 23.2 Å². The Hall–Kier alpha value is -0.460. The van der Waals surface area contributed by atoms with Crippen molar-refractivity contribution in [1.29, 1.82) is 0 Å². The van der Waals surface area contributed by atoms with Crippen molar-refractivity contribution in [1.82, 2.24) is 0 Å². The summed E-state index contributed by atoms with van der Waals surface area (Å²) in [6, 6.07) is 0. The molecule has 7 heteroatoms. The standard InChI is InChI=1S/C14H18F6O/c15-13(16,17)12(21,14(18,19)20)7-11-4-8-1-9(5-11)3-10(2-8)6-11/h8-10,21H,1-7H2. The zero-order valence-electron chi connectivity index (χ0n) is 11.4. The van der Waals surface area contributed by atoms with Crippen LogP contribution in [0.3, 0.4) is 0 Å². The highest BCUT2D eigenvalue weighted by atomic mass is 19.4. The van der Waals surface area contributed by atoms with Crippen LogP contribution >= 0.6 is 0 Å². The van der Waals surface area contributed by atoms with E-state index in [0.29, 0.717) is 19.3 Å². The van der Waals surface area contributed by atoms with E-state index in [1.165, 1.54) is 0 Å². The maximum Gasteiger partial charge on any atom is 0.426 e. The molecule has 0 amide bonds. The maximum atomic E-state index is 12.9. The van der Waals surface area contributed by atoms with Gasteiger partial charge in [0.1, 0.15) is 0 Å². The van der Waals surface area contributed by atoms with Gasteiger partial charge in [-0.15, -0.1) is 0 Å². The van der Waals surface area contributed by atoms with Crippen molar-refractivity contribution in [3.05, 3.63) is 0 Å². The Bertz CT molecular complexity index is 375. The first kappa shape index (κ1) is 15.4. The van der Waals surface area contributed by atoms with Crippen molar-refractivity contribution < 1.29 is 31.4 Å². The second-order valence-electron chi connectivity index (χ2n) is 7.45. The molecule has 4 saturated carbocycles. The van der Waals surface area contributed by atoms with Crippen LogP contribution in [0.4, 0.5) is 26.3 Å². The Morgan fingerprint density at radius 1 is 0.762 bits per heavy atom. The highest BCUT2D eigenvalue weighted by molar-refractivity contribution is 5.07. The van der Waals surface area contributed by atoms with E-state index in [4.69, 9.17) is 0 Å². The summed E-state index contributed by atoms with van der Waals surface area (Å²) >= 11 is 0. The number of hydrogen-bond acceptors (Lipinski definition) is 1. The minimum Gasteiger partial charge on any atom is -0.374 e. The normalized spacial score (nSPS) is 39.9. The Morgan fingerprint density at radius 2 is 1.10 bits per heavy atom. The number of halogens is 6. The number of aliphatic hydroxyl groups is 1. The fraction of sp³-hybridized carbons (Fsp3) is 1.00. The minimum absolute atomic E-state index is 0.238. The highest BCUT2D eigenvalue weighted by Crippen LogP contribution is 2.64. The Morgan fingerprint density at radius 3 is 1.38 bits per heavy atom. The van der Waals surface area contributed by atoms with E-state index in [1.807, 2.05) is 0 Å². The molecule has 0 aliphatic heterocycles. The van der Waals surface area contributed by atoms with Crippen LogP contribution in [-0.4, -0.2) is 23.1 Å². The molecule has 1 N–H and O–H groups in total. The SMILES string of the molecule is OC(CC12CC3CC(CC(C3)C1)C2)(C(F)(F)F)C(F)(F)F. The van der Waals surface area contributed by atoms with E-state index in [0.717, 1.165) is 19.3 Å². The number of rotatable bonds is 2. The summed E-state index contributed by atoms with van der Waals surface area (Å²) in [6.07, 6.45) is -8.63. The lowest BCUT2D eigenvalue weighted by Crippen LogP contribution is -2.61. The minimum atomic E-state index is -5.69. The molecule has 0 aromatic rings. The summed E-state index contributed by atoms with van der Waals surface area (Å²) in [4.78, 5) is 0. The third-order valence-electron chi connectivity index (χ3n) is 5.73. The van der Waals surface area contributed by atoms with Gasteiger partial charge in [-0.25, -0.2) is 0 Å². The average Bonchev–Trinajstić information content (AvgIpc) is 2.22. The molecule has 0 unspecified atom stereocenters. The molecular weight excluding hydrogens is 298 g/mol. The van der Waals surface area contributed by atoms with Crippen molar-refractivity contribution in [2.75, 3.05) is 0 Å². The summed E-state index contributed by atoms with van der Waals surface area (Å²) in [5.74, 6) is 0.714. The summed E-state index contributed by atoms with van der Waals surface area (Å²) in [7, 11) is 0. The molecule has 0 heterocycles. The maximum absolute atomic E-state index is 12.9. The van der Waals surface area contributed by atoms with Gasteiger partial charge in [-0.3, -0.25) is 0 Å². The van der Waals surface area contributed by atoms with Gasteiger partial charge >= 0.3 is 12.4 Å². The third kappa shape index (κ3) is 2.35. The molecule has 0 aromatic heterocycles. The van der Waals surface area contributed by atoms with E-state index in [9.17, 15) is 31.4 Å². The zero-order valence-corrected chi connectivity index (χ0v) is 11.4. The van der Waals surface area contributed by atoms with E-state index in [2.05, 4.69) is 0 Å². The zero-order chi connectivity index (χ0) is 15.7.